The molecular weight excluding hydrogens is 380 g/mol. The van der Waals surface area contributed by atoms with Crippen molar-refractivity contribution in [3.05, 3.63) is 60.2 Å². The Labute approximate surface area is 175 Å². The lowest BCUT2D eigenvalue weighted by molar-refractivity contribution is 0.336. The molecule has 3 heterocycles. The first-order valence-electron chi connectivity index (χ1n) is 10.1. The quantitative estimate of drug-likeness (QED) is 0.361. The number of furan rings is 1. The van der Waals surface area contributed by atoms with Gasteiger partial charge >= 0.3 is 0 Å². The second kappa shape index (κ2) is 8.86. The molecule has 2 N–H and O–H groups in total. The van der Waals surface area contributed by atoms with Crippen molar-refractivity contribution in [2.45, 2.75) is 26.3 Å². The van der Waals surface area contributed by atoms with Gasteiger partial charge in [0.25, 0.3) is 0 Å². The summed E-state index contributed by atoms with van der Waals surface area (Å²) in [5.74, 6) is 3.18. The van der Waals surface area contributed by atoms with Crippen LogP contribution in [-0.4, -0.2) is 40.8 Å². The van der Waals surface area contributed by atoms with Crippen molar-refractivity contribution >= 4 is 22.6 Å². The van der Waals surface area contributed by atoms with Gasteiger partial charge in [-0.2, -0.15) is 0 Å². The molecule has 1 aromatic carbocycles. The molecule has 0 saturated heterocycles. The standard InChI is InChI=1S/C22H26N6O2/c1-4-29-17-9-7-8-16-14-18(30-21(16)17)15(2)25-22(23-3)24-12-11-20-27-26-19-10-5-6-13-28(19)20/h5-10,13-15H,4,11-12H2,1-3H3,(H2,23,24,25). The van der Waals surface area contributed by atoms with E-state index in [2.05, 4.69) is 25.8 Å². The summed E-state index contributed by atoms with van der Waals surface area (Å²) in [5.41, 5.74) is 1.62. The highest BCUT2D eigenvalue weighted by atomic mass is 16.5. The van der Waals surface area contributed by atoms with E-state index in [1.165, 1.54) is 0 Å². The van der Waals surface area contributed by atoms with E-state index in [0.29, 0.717) is 19.1 Å². The molecule has 0 aliphatic heterocycles. The van der Waals surface area contributed by atoms with Crippen molar-refractivity contribution in [1.82, 2.24) is 25.2 Å². The fourth-order valence-electron chi connectivity index (χ4n) is 3.36. The Bertz CT molecular complexity index is 1160. The van der Waals surface area contributed by atoms with Gasteiger partial charge in [-0.1, -0.05) is 18.2 Å². The number of fused-ring (bicyclic) bond motifs is 2. The first-order chi connectivity index (χ1) is 14.7. The summed E-state index contributed by atoms with van der Waals surface area (Å²) in [6, 6.07) is 13.8. The molecule has 1 unspecified atom stereocenters. The molecule has 4 rings (SSSR count). The van der Waals surface area contributed by atoms with Crippen LogP contribution in [0.2, 0.25) is 0 Å². The number of aromatic nitrogens is 3. The molecule has 3 aromatic heterocycles. The van der Waals surface area contributed by atoms with Crippen LogP contribution >= 0.6 is 0 Å². The topological polar surface area (TPSA) is 89.0 Å². The number of hydrogen-bond donors (Lipinski definition) is 2. The van der Waals surface area contributed by atoms with Gasteiger partial charge in [0.05, 0.1) is 12.6 Å². The Kier molecular flexibility index (Phi) is 5.83. The lowest BCUT2D eigenvalue weighted by Crippen LogP contribution is -2.39. The van der Waals surface area contributed by atoms with E-state index in [1.807, 2.05) is 66.9 Å². The Morgan fingerprint density at radius 3 is 2.97 bits per heavy atom. The van der Waals surface area contributed by atoms with Gasteiger partial charge in [0.1, 0.15) is 11.6 Å². The van der Waals surface area contributed by atoms with Gasteiger partial charge in [0.15, 0.2) is 22.9 Å². The number of pyridine rings is 1. The van der Waals surface area contributed by atoms with Gasteiger partial charge in [-0.3, -0.25) is 9.39 Å². The predicted molar refractivity (Wildman–Crippen MR) is 117 cm³/mol. The molecule has 0 fully saturated rings. The molecule has 0 saturated carbocycles. The third kappa shape index (κ3) is 4.07. The normalized spacial score (nSPS) is 13.0. The van der Waals surface area contributed by atoms with Crippen molar-refractivity contribution in [3.8, 4) is 5.75 Å². The minimum Gasteiger partial charge on any atom is -0.490 e. The molecule has 0 aliphatic carbocycles. The number of nitrogens with one attached hydrogen (secondary N) is 2. The first kappa shape index (κ1) is 19.8. The third-order valence-corrected chi connectivity index (χ3v) is 4.86. The Morgan fingerprint density at radius 2 is 2.13 bits per heavy atom. The van der Waals surface area contributed by atoms with Crippen LogP contribution in [0.5, 0.6) is 5.75 Å². The van der Waals surface area contributed by atoms with E-state index in [1.54, 1.807) is 7.05 Å². The van der Waals surface area contributed by atoms with Gasteiger partial charge in [-0.15, -0.1) is 10.2 Å². The van der Waals surface area contributed by atoms with Crippen molar-refractivity contribution in [3.63, 3.8) is 0 Å². The first-order valence-corrected chi connectivity index (χ1v) is 10.1. The van der Waals surface area contributed by atoms with Gasteiger partial charge < -0.3 is 19.8 Å². The van der Waals surface area contributed by atoms with Gasteiger partial charge in [0, 0.05) is 31.6 Å². The van der Waals surface area contributed by atoms with Gasteiger partial charge in [0.2, 0.25) is 0 Å². The van der Waals surface area contributed by atoms with Crippen LogP contribution in [0.3, 0.4) is 0 Å². The SMILES string of the molecule is CCOc1cccc2cc(C(C)NC(=NC)NCCc3nnc4ccccn34)oc12. The zero-order chi connectivity index (χ0) is 20.9. The number of benzene rings is 1. The van der Waals surface area contributed by atoms with Crippen LogP contribution < -0.4 is 15.4 Å². The number of ether oxygens (including phenoxy) is 1. The number of hydrogen-bond acceptors (Lipinski definition) is 5. The molecule has 8 heteroatoms. The Hall–Kier alpha value is -3.55. The average Bonchev–Trinajstić information content (AvgIpc) is 3.38. The highest BCUT2D eigenvalue weighted by Crippen LogP contribution is 2.31. The number of guanidine groups is 1. The summed E-state index contributed by atoms with van der Waals surface area (Å²) in [4.78, 5) is 4.32. The fraction of sp³-hybridized carbons (Fsp3) is 0.318. The highest BCUT2D eigenvalue weighted by Gasteiger charge is 2.15. The maximum absolute atomic E-state index is 6.08. The summed E-state index contributed by atoms with van der Waals surface area (Å²) < 4.78 is 13.7. The Balaban J connectivity index is 1.38. The van der Waals surface area contributed by atoms with Crippen LogP contribution in [0.4, 0.5) is 0 Å². The molecule has 0 bridgehead atoms. The van der Waals surface area contributed by atoms with Crippen LogP contribution in [0.15, 0.2) is 58.1 Å². The summed E-state index contributed by atoms with van der Waals surface area (Å²) >= 11 is 0. The second-order valence-electron chi connectivity index (χ2n) is 6.92. The highest BCUT2D eigenvalue weighted by molar-refractivity contribution is 5.84. The van der Waals surface area contributed by atoms with Gasteiger partial charge in [-0.05, 0) is 38.1 Å². The molecule has 0 spiro atoms. The van der Waals surface area contributed by atoms with Crippen molar-refractivity contribution in [2.24, 2.45) is 4.99 Å². The van der Waals surface area contributed by atoms with E-state index in [4.69, 9.17) is 9.15 Å². The molecule has 0 radical (unpaired) electrons. The fourth-order valence-corrected chi connectivity index (χ4v) is 3.36. The van der Waals surface area contributed by atoms with Crippen LogP contribution in [0.25, 0.3) is 16.6 Å². The van der Waals surface area contributed by atoms with Crippen molar-refractivity contribution in [2.75, 3.05) is 20.2 Å². The maximum atomic E-state index is 6.08. The Morgan fingerprint density at radius 1 is 1.23 bits per heavy atom. The minimum atomic E-state index is -0.0630. The zero-order valence-electron chi connectivity index (χ0n) is 17.4. The summed E-state index contributed by atoms with van der Waals surface area (Å²) in [7, 11) is 1.75. The summed E-state index contributed by atoms with van der Waals surface area (Å²) in [6.07, 6.45) is 2.69. The number of nitrogens with zero attached hydrogens (tertiary/aromatic N) is 4. The van der Waals surface area contributed by atoms with Crippen LogP contribution in [-0.2, 0) is 6.42 Å². The van der Waals surface area contributed by atoms with E-state index >= 15 is 0 Å². The largest absolute Gasteiger partial charge is 0.490 e. The van der Waals surface area contributed by atoms with Crippen LogP contribution in [0.1, 0.15) is 31.5 Å². The second-order valence-corrected chi connectivity index (χ2v) is 6.92. The predicted octanol–water partition coefficient (Wildman–Crippen LogP) is 3.34. The smallest absolute Gasteiger partial charge is 0.191 e. The summed E-state index contributed by atoms with van der Waals surface area (Å²) in [6.45, 7) is 5.28. The van der Waals surface area contributed by atoms with Crippen molar-refractivity contribution < 1.29 is 9.15 Å². The lowest BCUT2D eigenvalue weighted by Gasteiger charge is -2.16. The van der Waals surface area contributed by atoms with Crippen molar-refractivity contribution in [1.29, 1.82) is 0 Å². The van der Waals surface area contributed by atoms with E-state index < -0.39 is 0 Å². The molecule has 0 aliphatic rings. The summed E-state index contributed by atoms with van der Waals surface area (Å²) in [5, 5.41) is 16.2. The zero-order valence-corrected chi connectivity index (χ0v) is 17.4. The number of rotatable bonds is 7. The van der Waals surface area contributed by atoms with E-state index in [9.17, 15) is 0 Å². The molecule has 4 aromatic rings. The molecule has 8 nitrogen and oxygen atoms in total. The minimum absolute atomic E-state index is 0.0630. The lowest BCUT2D eigenvalue weighted by atomic mass is 10.2. The molecular formula is C22H26N6O2. The molecule has 30 heavy (non-hydrogen) atoms. The maximum Gasteiger partial charge on any atom is 0.191 e. The van der Waals surface area contributed by atoms with Crippen LogP contribution in [0, 0.1) is 0 Å². The monoisotopic (exact) mass is 406 g/mol. The molecule has 1 atom stereocenters. The van der Waals surface area contributed by atoms with Gasteiger partial charge in [-0.25, -0.2) is 0 Å². The molecule has 156 valence electrons. The van der Waals surface area contributed by atoms with E-state index in [0.717, 1.165) is 40.4 Å². The third-order valence-electron chi connectivity index (χ3n) is 4.86. The number of para-hydroxylation sites is 1. The average molecular weight is 406 g/mol. The number of aliphatic imine (C=N–C) groups is 1. The van der Waals surface area contributed by atoms with E-state index in [-0.39, 0.29) is 6.04 Å². The molecule has 0 amide bonds.